The molecule has 2 N–H and O–H groups in total. The molecule has 1 aromatic heterocycles. The van der Waals surface area contributed by atoms with Crippen LogP contribution in [0.3, 0.4) is 0 Å². The first-order valence-electron chi connectivity index (χ1n) is 7.82. The van der Waals surface area contributed by atoms with Crippen molar-refractivity contribution in [2.75, 3.05) is 6.61 Å². The van der Waals surface area contributed by atoms with Gasteiger partial charge in [0.25, 0.3) is 5.56 Å². The van der Waals surface area contributed by atoms with E-state index in [1.165, 1.54) is 10.8 Å². The third-order valence-electron chi connectivity index (χ3n) is 3.68. The van der Waals surface area contributed by atoms with Gasteiger partial charge in [-0.15, -0.1) is 0 Å². The Bertz CT molecular complexity index is 838. The van der Waals surface area contributed by atoms with Crippen LogP contribution >= 0.6 is 12.2 Å². The van der Waals surface area contributed by atoms with Crippen molar-refractivity contribution in [1.82, 2.24) is 9.55 Å². The second-order valence-electron chi connectivity index (χ2n) is 5.31. The van der Waals surface area contributed by atoms with Gasteiger partial charge < -0.3 is 9.84 Å². The SMILES string of the molecule is CCOc1ccc(N=Cc2c(O)n([C@H](C)CC)c(=S)[nH]c2=O)cc1. The summed E-state index contributed by atoms with van der Waals surface area (Å²) in [4.78, 5) is 18.9. The van der Waals surface area contributed by atoms with Crippen LogP contribution in [0.2, 0.25) is 0 Å². The van der Waals surface area contributed by atoms with E-state index in [1.807, 2.05) is 20.8 Å². The van der Waals surface area contributed by atoms with Gasteiger partial charge in [-0.05, 0) is 56.8 Å². The highest BCUT2D eigenvalue weighted by Gasteiger charge is 2.14. The molecule has 0 saturated heterocycles. The minimum atomic E-state index is -0.466. The molecule has 0 aliphatic rings. The number of nitrogens with zero attached hydrogens (tertiary/aromatic N) is 2. The van der Waals surface area contributed by atoms with Gasteiger partial charge in [0.05, 0.1) is 12.3 Å². The molecule has 7 heteroatoms. The van der Waals surface area contributed by atoms with E-state index in [4.69, 9.17) is 17.0 Å². The molecule has 0 fully saturated rings. The van der Waals surface area contributed by atoms with E-state index in [9.17, 15) is 9.90 Å². The Balaban J connectivity index is 2.38. The molecule has 0 amide bonds. The van der Waals surface area contributed by atoms with E-state index < -0.39 is 5.56 Å². The molecule has 1 aromatic carbocycles. The Hall–Kier alpha value is -2.41. The van der Waals surface area contributed by atoms with E-state index in [0.717, 1.165) is 12.2 Å². The first kappa shape index (κ1) is 17.9. The van der Waals surface area contributed by atoms with Crippen LogP contribution in [0.4, 0.5) is 5.69 Å². The molecule has 0 radical (unpaired) electrons. The summed E-state index contributed by atoms with van der Waals surface area (Å²) in [5, 5.41) is 10.4. The average Bonchev–Trinajstić information content (AvgIpc) is 2.55. The fourth-order valence-electron chi connectivity index (χ4n) is 2.19. The van der Waals surface area contributed by atoms with Crippen molar-refractivity contribution in [3.63, 3.8) is 0 Å². The van der Waals surface area contributed by atoms with Crippen LogP contribution in [0, 0.1) is 4.77 Å². The lowest BCUT2D eigenvalue weighted by Crippen LogP contribution is -2.20. The summed E-state index contributed by atoms with van der Waals surface area (Å²) in [6.07, 6.45) is 2.11. The summed E-state index contributed by atoms with van der Waals surface area (Å²) in [7, 11) is 0. The van der Waals surface area contributed by atoms with E-state index in [-0.39, 0.29) is 22.3 Å². The maximum atomic E-state index is 12.1. The zero-order valence-electron chi connectivity index (χ0n) is 13.9. The minimum absolute atomic E-state index is 0.0352. The van der Waals surface area contributed by atoms with Gasteiger partial charge >= 0.3 is 0 Å². The van der Waals surface area contributed by atoms with Crippen LogP contribution in [0.15, 0.2) is 34.1 Å². The molecule has 6 nitrogen and oxygen atoms in total. The first-order valence-corrected chi connectivity index (χ1v) is 8.23. The van der Waals surface area contributed by atoms with Crippen molar-refractivity contribution in [1.29, 1.82) is 0 Å². The number of aromatic amines is 1. The largest absolute Gasteiger partial charge is 0.494 e. The maximum absolute atomic E-state index is 12.1. The van der Waals surface area contributed by atoms with Gasteiger partial charge in [0.1, 0.15) is 11.3 Å². The molecule has 128 valence electrons. The summed E-state index contributed by atoms with van der Waals surface area (Å²) in [6, 6.07) is 7.11. The zero-order chi connectivity index (χ0) is 17.7. The average molecular weight is 347 g/mol. The molecule has 0 bridgehead atoms. The Morgan fingerprint density at radius 1 is 1.38 bits per heavy atom. The van der Waals surface area contributed by atoms with Crippen LogP contribution < -0.4 is 10.3 Å². The molecule has 0 spiro atoms. The standard InChI is InChI=1S/C17H21N3O3S/c1-4-11(3)20-16(22)14(15(21)19-17(20)24)10-18-12-6-8-13(9-7-12)23-5-2/h6-11,22H,4-5H2,1-3H3,(H,19,21,24)/t11-/m1/s1. The quantitative estimate of drug-likeness (QED) is 0.616. The first-order chi connectivity index (χ1) is 11.5. The Labute approximate surface area is 145 Å². The summed E-state index contributed by atoms with van der Waals surface area (Å²) < 4.78 is 7.09. The molecule has 0 saturated carbocycles. The lowest BCUT2D eigenvalue weighted by atomic mass is 10.2. The number of H-pyrrole nitrogens is 1. The number of nitrogens with one attached hydrogen (secondary N) is 1. The van der Waals surface area contributed by atoms with Gasteiger partial charge in [-0.1, -0.05) is 6.92 Å². The molecule has 2 aromatic rings. The van der Waals surface area contributed by atoms with Crippen LogP contribution in [0.1, 0.15) is 38.8 Å². The van der Waals surface area contributed by atoms with Crippen LogP contribution in [-0.4, -0.2) is 27.5 Å². The molecule has 0 aliphatic carbocycles. The number of aliphatic imine (C=N–C) groups is 1. The highest BCUT2D eigenvalue weighted by Crippen LogP contribution is 2.22. The van der Waals surface area contributed by atoms with Gasteiger partial charge in [-0.2, -0.15) is 0 Å². The van der Waals surface area contributed by atoms with Crippen molar-refractivity contribution in [2.24, 2.45) is 4.99 Å². The Morgan fingerprint density at radius 3 is 2.62 bits per heavy atom. The highest BCUT2D eigenvalue weighted by molar-refractivity contribution is 7.71. The van der Waals surface area contributed by atoms with Gasteiger partial charge in [0.15, 0.2) is 4.77 Å². The number of aromatic hydroxyl groups is 1. The number of ether oxygens (including phenoxy) is 1. The number of benzene rings is 1. The normalized spacial score (nSPS) is 12.5. The van der Waals surface area contributed by atoms with Gasteiger partial charge in [-0.25, -0.2) is 0 Å². The second-order valence-corrected chi connectivity index (χ2v) is 5.70. The third kappa shape index (κ3) is 3.91. The highest BCUT2D eigenvalue weighted by atomic mass is 32.1. The number of rotatable bonds is 6. The topological polar surface area (TPSA) is 79.6 Å². The molecule has 2 rings (SSSR count). The number of hydrogen-bond donors (Lipinski definition) is 2. The second kappa shape index (κ2) is 7.92. The summed E-state index contributed by atoms with van der Waals surface area (Å²) in [6.45, 7) is 6.40. The maximum Gasteiger partial charge on any atom is 0.264 e. The summed E-state index contributed by atoms with van der Waals surface area (Å²) in [5.74, 6) is 0.579. The van der Waals surface area contributed by atoms with Crippen molar-refractivity contribution in [2.45, 2.75) is 33.2 Å². The Morgan fingerprint density at radius 2 is 2.04 bits per heavy atom. The van der Waals surface area contributed by atoms with Crippen molar-refractivity contribution in [3.05, 3.63) is 45.0 Å². The number of hydrogen-bond acceptors (Lipinski definition) is 5. The molecule has 1 heterocycles. The van der Waals surface area contributed by atoms with E-state index >= 15 is 0 Å². The summed E-state index contributed by atoms with van der Waals surface area (Å²) in [5.41, 5.74) is 0.263. The lowest BCUT2D eigenvalue weighted by molar-refractivity contribution is 0.340. The van der Waals surface area contributed by atoms with E-state index in [0.29, 0.717) is 12.3 Å². The lowest BCUT2D eigenvalue weighted by Gasteiger charge is -2.16. The number of aromatic nitrogens is 2. The monoisotopic (exact) mass is 347 g/mol. The fraction of sp³-hybridized carbons (Fsp3) is 0.353. The van der Waals surface area contributed by atoms with Crippen molar-refractivity contribution >= 4 is 24.1 Å². The smallest absolute Gasteiger partial charge is 0.264 e. The van der Waals surface area contributed by atoms with Crippen LogP contribution in [0.25, 0.3) is 0 Å². The molecule has 0 aliphatic heterocycles. The Kier molecular flexibility index (Phi) is 5.92. The van der Waals surface area contributed by atoms with Crippen LogP contribution in [0.5, 0.6) is 11.6 Å². The molecule has 0 unspecified atom stereocenters. The molecular weight excluding hydrogens is 326 g/mol. The zero-order valence-corrected chi connectivity index (χ0v) is 14.8. The fourth-order valence-corrected chi connectivity index (χ4v) is 2.55. The third-order valence-corrected chi connectivity index (χ3v) is 3.97. The predicted molar refractivity (Wildman–Crippen MR) is 97.4 cm³/mol. The van der Waals surface area contributed by atoms with E-state index in [2.05, 4.69) is 9.98 Å². The van der Waals surface area contributed by atoms with Crippen LogP contribution in [-0.2, 0) is 0 Å². The van der Waals surface area contributed by atoms with Gasteiger partial charge in [0, 0.05) is 12.3 Å². The van der Waals surface area contributed by atoms with Crippen molar-refractivity contribution in [3.8, 4) is 11.6 Å². The molecule has 24 heavy (non-hydrogen) atoms. The minimum Gasteiger partial charge on any atom is -0.494 e. The summed E-state index contributed by atoms with van der Waals surface area (Å²) >= 11 is 5.13. The predicted octanol–water partition coefficient (Wildman–Crippen LogP) is 3.73. The van der Waals surface area contributed by atoms with Gasteiger partial charge in [0.2, 0.25) is 5.88 Å². The molecular formula is C17H21N3O3S. The molecule has 1 atom stereocenters. The van der Waals surface area contributed by atoms with E-state index in [1.54, 1.807) is 24.3 Å². The van der Waals surface area contributed by atoms with Gasteiger partial charge in [-0.3, -0.25) is 19.3 Å². The van der Waals surface area contributed by atoms with Crippen molar-refractivity contribution < 1.29 is 9.84 Å².